The van der Waals surface area contributed by atoms with E-state index in [9.17, 15) is 4.79 Å². The zero-order valence-corrected chi connectivity index (χ0v) is 11.3. The number of likely N-dealkylation sites (N-methyl/N-ethyl adjacent to an activating group) is 1. The van der Waals surface area contributed by atoms with Gasteiger partial charge in [-0.1, -0.05) is 32.8 Å². The van der Waals surface area contributed by atoms with E-state index in [2.05, 4.69) is 18.7 Å². The molecule has 0 aliphatic carbocycles. The highest BCUT2D eigenvalue weighted by molar-refractivity contribution is 5.87. The van der Waals surface area contributed by atoms with Crippen LogP contribution in [0.4, 0.5) is 0 Å². The van der Waals surface area contributed by atoms with Gasteiger partial charge in [-0.15, -0.1) is 0 Å². The SMILES string of the molecule is CCN(CC)C/C=C/C(=O)N1CCCCCC1. The van der Waals surface area contributed by atoms with Crippen LogP contribution in [-0.2, 0) is 4.79 Å². The summed E-state index contributed by atoms with van der Waals surface area (Å²) in [5.41, 5.74) is 0. The van der Waals surface area contributed by atoms with Crippen LogP contribution in [0.5, 0.6) is 0 Å². The minimum atomic E-state index is 0.194. The summed E-state index contributed by atoms with van der Waals surface area (Å²) in [6, 6.07) is 0. The van der Waals surface area contributed by atoms with Crippen LogP contribution in [0.25, 0.3) is 0 Å². The Hall–Kier alpha value is -0.830. The van der Waals surface area contributed by atoms with E-state index in [1.165, 1.54) is 12.8 Å². The van der Waals surface area contributed by atoms with E-state index in [1.54, 1.807) is 6.08 Å². The van der Waals surface area contributed by atoms with Crippen molar-refractivity contribution in [3.05, 3.63) is 12.2 Å². The van der Waals surface area contributed by atoms with Crippen molar-refractivity contribution in [1.29, 1.82) is 0 Å². The highest BCUT2D eigenvalue weighted by atomic mass is 16.2. The largest absolute Gasteiger partial charge is 0.339 e. The second-order valence-corrected chi connectivity index (χ2v) is 4.63. The Kier molecular flexibility index (Phi) is 6.94. The van der Waals surface area contributed by atoms with Gasteiger partial charge in [-0.05, 0) is 25.9 Å². The van der Waals surface area contributed by atoms with Crippen LogP contribution in [-0.4, -0.2) is 48.4 Å². The van der Waals surface area contributed by atoms with Crippen LogP contribution in [0, 0.1) is 0 Å². The number of hydrogen-bond acceptors (Lipinski definition) is 2. The third-order valence-corrected chi connectivity index (χ3v) is 3.44. The Morgan fingerprint density at radius 1 is 1.12 bits per heavy atom. The molecule has 3 nitrogen and oxygen atoms in total. The predicted octanol–water partition coefficient (Wildman–Crippen LogP) is 2.29. The standard InChI is InChI=1S/C14H26N2O/c1-3-15(4-2)11-9-10-14(17)16-12-7-5-6-8-13-16/h9-10H,3-8,11-13H2,1-2H3/b10-9+. The zero-order valence-electron chi connectivity index (χ0n) is 11.3. The van der Waals surface area contributed by atoms with Gasteiger partial charge < -0.3 is 9.80 Å². The maximum Gasteiger partial charge on any atom is 0.246 e. The summed E-state index contributed by atoms with van der Waals surface area (Å²) in [6.45, 7) is 9.13. The molecule has 1 heterocycles. The molecule has 0 N–H and O–H groups in total. The zero-order chi connectivity index (χ0) is 12.5. The first kappa shape index (κ1) is 14.2. The summed E-state index contributed by atoms with van der Waals surface area (Å²) in [5.74, 6) is 0.194. The highest BCUT2D eigenvalue weighted by Gasteiger charge is 2.12. The lowest BCUT2D eigenvalue weighted by atomic mass is 10.2. The lowest BCUT2D eigenvalue weighted by Gasteiger charge is -2.19. The first-order valence-corrected chi connectivity index (χ1v) is 6.95. The van der Waals surface area contributed by atoms with Gasteiger partial charge in [0.05, 0.1) is 0 Å². The molecule has 1 saturated heterocycles. The molecular weight excluding hydrogens is 212 g/mol. The summed E-state index contributed by atoms with van der Waals surface area (Å²) in [7, 11) is 0. The molecule has 98 valence electrons. The first-order chi connectivity index (χ1) is 8.27. The lowest BCUT2D eigenvalue weighted by Crippen LogP contribution is -2.30. The molecule has 0 atom stereocenters. The number of nitrogens with zero attached hydrogens (tertiary/aromatic N) is 2. The Labute approximate surface area is 105 Å². The average molecular weight is 238 g/mol. The van der Waals surface area contributed by atoms with Gasteiger partial charge in [0, 0.05) is 25.7 Å². The average Bonchev–Trinajstić information content (AvgIpc) is 2.63. The van der Waals surface area contributed by atoms with E-state index in [-0.39, 0.29) is 5.91 Å². The van der Waals surface area contributed by atoms with Crippen molar-refractivity contribution in [2.45, 2.75) is 39.5 Å². The second kappa shape index (κ2) is 8.29. The summed E-state index contributed by atoms with van der Waals surface area (Å²) in [4.78, 5) is 16.2. The Morgan fingerprint density at radius 3 is 2.24 bits per heavy atom. The van der Waals surface area contributed by atoms with Crippen LogP contribution < -0.4 is 0 Å². The van der Waals surface area contributed by atoms with E-state index in [4.69, 9.17) is 0 Å². The van der Waals surface area contributed by atoms with Gasteiger partial charge in [0.25, 0.3) is 0 Å². The fraction of sp³-hybridized carbons (Fsp3) is 0.786. The third-order valence-electron chi connectivity index (χ3n) is 3.44. The Bertz CT molecular complexity index is 239. The maximum absolute atomic E-state index is 11.9. The van der Waals surface area contributed by atoms with Crippen molar-refractivity contribution in [2.24, 2.45) is 0 Å². The molecular formula is C14H26N2O. The van der Waals surface area contributed by atoms with Crippen molar-refractivity contribution in [3.8, 4) is 0 Å². The number of likely N-dealkylation sites (tertiary alicyclic amines) is 1. The van der Waals surface area contributed by atoms with Gasteiger partial charge in [0.2, 0.25) is 5.91 Å². The molecule has 1 aliphatic heterocycles. The van der Waals surface area contributed by atoms with Gasteiger partial charge >= 0.3 is 0 Å². The third kappa shape index (κ3) is 5.35. The number of carbonyl (C=O) groups excluding carboxylic acids is 1. The number of rotatable bonds is 5. The molecule has 0 aromatic carbocycles. The fourth-order valence-corrected chi connectivity index (χ4v) is 2.18. The van der Waals surface area contributed by atoms with Crippen LogP contribution in [0.15, 0.2) is 12.2 Å². The summed E-state index contributed by atoms with van der Waals surface area (Å²) in [6.07, 6.45) is 8.62. The van der Waals surface area contributed by atoms with Gasteiger partial charge in [-0.25, -0.2) is 0 Å². The molecule has 17 heavy (non-hydrogen) atoms. The van der Waals surface area contributed by atoms with Gasteiger partial charge in [-0.2, -0.15) is 0 Å². The molecule has 0 bridgehead atoms. The summed E-state index contributed by atoms with van der Waals surface area (Å²) >= 11 is 0. The van der Waals surface area contributed by atoms with E-state index < -0.39 is 0 Å². The molecule has 1 aliphatic rings. The van der Waals surface area contributed by atoms with Gasteiger partial charge in [0.15, 0.2) is 0 Å². The van der Waals surface area contributed by atoms with Gasteiger partial charge in [-0.3, -0.25) is 4.79 Å². The summed E-state index contributed by atoms with van der Waals surface area (Å²) < 4.78 is 0. The molecule has 3 heteroatoms. The molecule has 1 rings (SSSR count). The first-order valence-electron chi connectivity index (χ1n) is 6.95. The van der Waals surface area contributed by atoms with Crippen molar-refractivity contribution in [1.82, 2.24) is 9.80 Å². The lowest BCUT2D eigenvalue weighted by molar-refractivity contribution is -0.126. The van der Waals surface area contributed by atoms with E-state index >= 15 is 0 Å². The molecule has 0 aromatic rings. The van der Waals surface area contributed by atoms with Crippen LogP contribution >= 0.6 is 0 Å². The Balaban J connectivity index is 2.33. The maximum atomic E-state index is 11.9. The van der Waals surface area contributed by atoms with Crippen molar-refractivity contribution in [3.63, 3.8) is 0 Å². The van der Waals surface area contributed by atoms with Crippen LogP contribution in [0.3, 0.4) is 0 Å². The second-order valence-electron chi connectivity index (χ2n) is 4.63. The molecule has 0 spiro atoms. The molecule has 1 amide bonds. The number of amides is 1. The monoisotopic (exact) mass is 238 g/mol. The Morgan fingerprint density at radius 2 is 1.71 bits per heavy atom. The van der Waals surface area contributed by atoms with E-state index in [0.29, 0.717) is 0 Å². The quantitative estimate of drug-likeness (QED) is 0.686. The van der Waals surface area contributed by atoms with Crippen molar-refractivity contribution < 1.29 is 4.79 Å². The van der Waals surface area contributed by atoms with Gasteiger partial charge in [0.1, 0.15) is 0 Å². The van der Waals surface area contributed by atoms with Crippen molar-refractivity contribution >= 4 is 5.91 Å². The smallest absolute Gasteiger partial charge is 0.246 e. The normalized spacial score (nSPS) is 17.7. The minimum Gasteiger partial charge on any atom is -0.339 e. The number of carbonyl (C=O) groups is 1. The number of hydrogen-bond donors (Lipinski definition) is 0. The minimum absolute atomic E-state index is 0.194. The topological polar surface area (TPSA) is 23.6 Å². The van der Waals surface area contributed by atoms with E-state index in [0.717, 1.165) is 45.6 Å². The van der Waals surface area contributed by atoms with Crippen molar-refractivity contribution in [2.75, 3.05) is 32.7 Å². The fourth-order valence-electron chi connectivity index (χ4n) is 2.18. The molecule has 0 saturated carbocycles. The van der Waals surface area contributed by atoms with E-state index in [1.807, 2.05) is 11.0 Å². The van der Waals surface area contributed by atoms with Crippen LogP contribution in [0.1, 0.15) is 39.5 Å². The molecule has 1 fully saturated rings. The predicted molar refractivity (Wildman–Crippen MR) is 72.0 cm³/mol. The molecule has 0 unspecified atom stereocenters. The molecule has 0 radical (unpaired) electrons. The molecule has 0 aromatic heterocycles. The van der Waals surface area contributed by atoms with Crippen LogP contribution in [0.2, 0.25) is 0 Å². The highest BCUT2D eigenvalue weighted by Crippen LogP contribution is 2.09. The summed E-state index contributed by atoms with van der Waals surface area (Å²) in [5, 5.41) is 0.